The molecule has 3 heterocycles. The van der Waals surface area contributed by atoms with Gasteiger partial charge in [-0.15, -0.1) is 11.7 Å². The third-order valence-electron chi connectivity index (χ3n) is 5.86. The summed E-state index contributed by atoms with van der Waals surface area (Å²) in [5, 5.41) is 27.7. The van der Waals surface area contributed by atoms with Gasteiger partial charge >= 0.3 is 5.13 Å². The highest BCUT2D eigenvalue weighted by Crippen LogP contribution is 2.33. The SMILES string of the molecule is C=CCCCN1CC(NCC2CCCO2)[N+]([O-])(c2nnc(CCCCCC)s2)C1. The van der Waals surface area contributed by atoms with Gasteiger partial charge in [0.2, 0.25) is 0 Å². The Hall–Kier alpha value is -0.900. The van der Waals surface area contributed by atoms with Crippen molar-refractivity contribution in [2.24, 2.45) is 0 Å². The summed E-state index contributed by atoms with van der Waals surface area (Å²) >= 11 is 1.50. The smallest absolute Gasteiger partial charge is 0.309 e. The van der Waals surface area contributed by atoms with Crippen LogP contribution in [0.5, 0.6) is 0 Å². The molecule has 2 aliphatic rings. The van der Waals surface area contributed by atoms with E-state index in [1.54, 1.807) is 0 Å². The lowest BCUT2D eigenvalue weighted by atomic mass is 10.2. The Morgan fingerprint density at radius 1 is 1.34 bits per heavy atom. The molecule has 7 nitrogen and oxygen atoms in total. The molecule has 2 fully saturated rings. The van der Waals surface area contributed by atoms with Gasteiger partial charge < -0.3 is 9.94 Å². The summed E-state index contributed by atoms with van der Waals surface area (Å²) in [6.45, 7) is 9.66. The van der Waals surface area contributed by atoms with Crippen molar-refractivity contribution >= 4 is 16.5 Å². The van der Waals surface area contributed by atoms with Crippen LogP contribution in [-0.2, 0) is 11.2 Å². The van der Waals surface area contributed by atoms with E-state index in [0.29, 0.717) is 11.8 Å². The molecule has 8 heteroatoms. The molecule has 1 aromatic heterocycles. The van der Waals surface area contributed by atoms with Crippen LogP contribution in [0.1, 0.15) is 63.3 Å². The maximum absolute atomic E-state index is 14.0. The van der Waals surface area contributed by atoms with Crippen LogP contribution >= 0.6 is 11.3 Å². The lowest BCUT2D eigenvalue weighted by Gasteiger charge is -2.40. The van der Waals surface area contributed by atoms with E-state index >= 15 is 0 Å². The zero-order chi connectivity index (χ0) is 20.5. The summed E-state index contributed by atoms with van der Waals surface area (Å²) in [6, 6.07) is 0. The van der Waals surface area contributed by atoms with Crippen molar-refractivity contribution in [3.8, 4) is 0 Å². The Morgan fingerprint density at radius 2 is 2.24 bits per heavy atom. The molecule has 1 aromatic rings. The van der Waals surface area contributed by atoms with Gasteiger partial charge in [-0.1, -0.05) is 37.4 Å². The number of ether oxygens (including phenoxy) is 1. The lowest BCUT2D eigenvalue weighted by molar-refractivity contribution is 0.103. The van der Waals surface area contributed by atoms with E-state index in [2.05, 4.69) is 33.9 Å². The number of hydrogen-bond donors (Lipinski definition) is 1. The van der Waals surface area contributed by atoms with Crippen molar-refractivity contribution in [1.29, 1.82) is 0 Å². The van der Waals surface area contributed by atoms with Crippen LogP contribution in [0.3, 0.4) is 0 Å². The maximum Gasteiger partial charge on any atom is 0.309 e. The topological polar surface area (TPSA) is 73.3 Å². The Kier molecular flexibility index (Phi) is 9.02. The van der Waals surface area contributed by atoms with E-state index in [4.69, 9.17) is 4.74 Å². The van der Waals surface area contributed by atoms with Crippen molar-refractivity contribution in [3.05, 3.63) is 22.9 Å². The van der Waals surface area contributed by atoms with Gasteiger partial charge in [-0.25, -0.2) is 4.90 Å². The summed E-state index contributed by atoms with van der Waals surface area (Å²) in [5.41, 5.74) is 0. The van der Waals surface area contributed by atoms with Crippen LogP contribution in [0.2, 0.25) is 0 Å². The van der Waals surface area contributed by atoms with Crippen molar-refractivity contribution in [3.63, 3.8) is 0 Å². The molecular formula is C21H37N5O2S. The number of hydroxylamine groups is 2. The predicted molar refractivity (Wildman–Crippen MR) is 120 cm³/mol. The standard InChI is InChI=1S/C21H37N5O2S/c1-3-5-7-8-12-20-23-24-21(29-20)26(27)17-25(13-9-6-4-2)16-19(26)22-15-18-11-10-14-28-18/h4,18-19,22H,2-3,5-17H2,1H3. The number of aryl methyl sites for hydroxylation is 1. The van der Waals surface area contributed by atoms with Crippen LogP contribution in [0, 0.1) is 5.21 Å². The van der Waals surface area contributed by atoms with E-state index in [0.717, 1.165) is 69.8 Å². The van der Waals surface area contributed by atoms with Crippen LogP contribution < -0.4 is 9.96 Å². The van der Waals surface area contributed by atoms with Gasteiger partial charge in [0.1, 0.15) is 11.7 Å². The van der Waals surface area contributed by atoms with Crippen molar-refractivity contribution in [2.75, 3.05) is 32.9 Å². The maximum atomic E-state index is 14.0. The van der Waals surface area contributed by atoms with Gasteiger partial charge in [-0.05, 0) is 43.4 Å². The fraction of sp³-hybridized carbons (Fsp3) is 0.810. The molecule has 0 spiro atoms. The van der Waals surface area contributed by atoms with E-state index in [9.17, 15) is 5.21 Å². The molecule has 0 amide bonds. The number of hydrogen-bond acceptors (Lipinski definition) is 7. The molecule has 29 heavy (non-hydrogen) atoms. The van der Waals surface area contributed by atoms with E-state index in [1.165, 1.54) is 30.6 Å². The Bertz CT molecular complexity index is 622. The minimum Gasteiger partial charge on any atom is -0.623 e. The second kappa shape index (κ2) is 11.5. The largest absolute Gasteiger partial charge is 0.623 e. The van der Waals surface area contributed by atoms with Crippen molar-refractivity contribution in [2.45, 2.75) is 77.0 Å². The van der Waals surface area contributed by atoms with Crippen LogP contribution in [0.15, 0.2) is 12.7 Å². The molecule has 1 N–H and O–H groups in total. The van der Waals surface area contributed by atoms with Crippen LogP contribution in [0.4, 0.5) is 5.13 Å². The molecule has 0 saturated carbocycles. The number of nitrogens with zero attached hydrogens (tertiary/aromatic N) is 4. The summed E-state index contributed by atoms with van der Waals surface area (Å²) in [6.07, 6.45) is 11.9. The van der Waals surface area contributed by atoms with Crippen LogP contribution in [0.25, 0.3) is 0 Å². The molecule has 3 unspecified atom stereocenters. The number of nitrogens with one attached hydrogen (secondary N) is 1. The molecule has 0 bridgehead atoms. The van der Waals surface area contributed by atoms with E-state index in [1.807, 2.05) is 6.08 Å². The Labute approximate surface area is 179 Å². The minimum absolute atomic E-state index is 0.219. The molecular weight excluding hydrogens is 386 g/mol. The summed E-state index contributed by atoms with van der Waals surface area (Å²) in [4.78, 5) is 2.26. The quantitative estimate of drug-likeness (QED) is 0.225. The van der Waals surface area contributed by atoms with Gasteiger partial charge in [0, 0.05) is 26.1 Å². The Morgan fingerprint density at radius 3 is 3.00 bits per heavy atom. The minimum atomic E-state index is -0.437. The highest BCUT2D eigenvalue weighted by atomic mass is 32.1. The second-order valence-corrected chi connectivity index (χ2v) is 9.33. The van der Waals surface area contributed by atoms with Gasteiger partial charge in [-0.3, -0.25) is 9.96 Å². The molecule has 3 rings (SSSR count). The zero-order valence-electron chi connectivity index (χ0n) is 17.9. The summed E-state index contributed by atoms with van der Waals surface area (Å²) < 4.78 is 5.30. The molecule has 2 saturated heterocycles. The lowest BCUT2D eigenvalue weighted by Crippen LogP contribution is -2.57. The molecule has 0 aromatic carbocycles. The first-order valence-electron chi connectivity index (χ1n) is 11.3. The second-order valence-electron chi connectivity index (χ2n) is 8.29. The van der Waals surface area contributed by atoms with Gasteiger partial charge in [0.25, 0.3) is 0 Å². The van der Waals surface area contributed by atoms with E-state index in [-0.39, 0.29) is 12.3 Å². The first-order valence-corrected chi connectivity index (χ1v) is 12.1. The molecule has 0 aliphatic carbocycles. The van der Waals surface area contributed by atoms with Crippen molar-refractivity contribution < 1.29 is 4.74 Å². The fourth-order valence-electron chi connectivity index (χ4n) is 4.13. The summed E-state index contributed by atoms with van der Waals surface area (Å²) in [7, 11) is 0. The molecule has 2 aliphatic heterocycles. The number of aromatic nitrogens is 2. The van der Waals surface area contributed by atoms with Crippen LogP contribution in [-0.4, -0.2) is 60.3 Å². The zero-order valence-corrected chi connectivity index (χ0v) is 18.7. The van der Waals surface area contributed by atoms with Gasteiger partial charge in [-0.2, -0.15) is 0 Å². The highest BCUT2D eigenvalue weighted by molar-refractivity contribution is 7.15. The third-order valence-corrected chi connectivity index (χ3v) is 6.95. The number of rotatable bonds is 13. The molecule has 164 valence electrons. The normalized spacial score (nSPS) is 27.7. The first kappa shape index (κ1) is 22.8. The monoisotopic (exact) mass is 423 g/mol. The fourth-order valence-corrected chi connectivity index (χ4v) is 5.09. The average Bonchev–Trinajstić information content (AvgIpc) is 3.45. The first-order chi connectivity index (χ1) is 14.2. The summed E-state index contributed by atoms with van der Waals surface area (Å²) in [5.74, 6) is 0. The van der Waals surface area contributed by atoms with Gasteiger partial charge in [0.05, 0.1) is 12.6 Å². The average molecular weight is 424 g/mol. The van der Waals surface area contributed by atoms with Gasteiger partial charge in [0.15, 0.2) is 6.17 Å². The molecule has 0 radical (unpaired) electrons. The number of quaternary nitrogens is 1. The third kappa shape index (κ3) is 6.29. The predicted octanol–water partition coefficient (Wildman–Crippen LogP) is 3.80. The highest BCUT2D eigenvalue weighted by Gasteiger charge is 2.43. The number of allylic oxidation sites excluding steroid dienone is 1. The van der Waals surface area contributed by atoms with Crippen molar-refractivity contribution in [1.82, 2.24) is 25.1 Å². The Balaban J connectivity index is 1.63. The molecule has 3 atom stereocenters. The van der Waals surface area contributed by atoms with E-state index < -0.39 is 4.65 Å². The number of unbranched alkanes of at least 4 members (excludes halogenated alkanes) is 4.